The zero-order valence-electron chi connectivity index (χ0n) is 11.2. The normalized spacial score (nSPS) is 20.2. The molecule has 17 heavy (non-hydrogen) atoms. The average Bonchev–Trinajstić information content (AvgIpc) is 2.29. The standard InChI is InChI=1S/C15H23FN/c1-17(2,3)15(11-5-4-6-12-15)13-7-9-14(16)10-8-13/h7-10H,4-6,11-12H2,1-3H3/q+1. The fourth-order valence-electron chi connectivity index (χ4n) is 3.24. The van der Waals surface area contributed by atoms with Crippen molar-refractivity contribution in [2.75, 3.05) is 21.1 Å². The highest BCUT2D eigenvalue weighted by molar-refractivity contribution is 5.24. The van der Waals surface area contributed by atoms with Crippen molar-refractivity contribution >= 4 is 0 Å². The summed E-state index contributed by atoms with van der Waals surface area (Å²) < 4.78 is 14.0. The minimum atomic E-state index is -0.138. The molecule has 1 nitrogen and oxygen atoms in total. The lowest BCUT2D eigenvalue weighted by molar-refractivity contribution is -0.934. The van der Waals surface area contributed by atoms with Crippen molar-refractivity contribution in [1.82, 2.24) is 0 Å². The molecule has 1 fully saturated rings. The third-order valence-corrected chi connectivity index (χ3v) is 4.35. The van der Waals surface area contributed by atoms with Gasteiger partial charge in [0.25, 0.3) is 0 Å². The number of nitrogens with zero attached hydrogens (tertiary/aromatic N) is 1. The summed E-state index contributed by atoms with van der Waals surface area (Å²) in [6.07, 6.45) is 6.33. The van der Waals surface area contributed by atoms with Crippen molar-refractivity contribution in [2.45, 2.75) is 37.6 Å². The molecule has 0 spiro atoms. The van der Waals surface area contributed by atoms with Crippen LogP contribution in [0.2, 0.25) is 0 Å². The minimum Gasteiger partial charge on any atom is -0.322 e. The Morgan fingerprint density at radius 2 is 1.47 bits per heavy atom. The molecule has 0 bridgehead atoms. The Balaban J connectivity index is 2.43. The fourth-order valence-corrected chi connectivity index (χ4v) is 3.24. The number of hydrogen-bond acceptors (Lipinski definition) is 0. The van der Waals surface area contributed by atoms with Crippen molar-refractivity contribution in [3.63, 3.8) is 0 Å². The Bertz CT molecular complexity index is 369. The number of hydrogen-bond donors (Lipinski definition) is 0. The van der Waals surface area contributed by atoms with Gasteiger partial charge >= 0.3 is 0 Å². The third-order valence-electron chi connectivity index (χ3n) is 4.35. The number of quaternary nitrogens is 1. The van der Waals surface area contributed by atoms with Crippen LogP contribution in [0.25, 0.3) is 0 Å². The van der Waals surface area contributed by atoms with Crippen LogP contribution in [-0.4, -0.2) is 25.6 Å². The van der Waals surface area contributed by atoms with Crippen LogP contribution in [0.15, 0.2) is 24.3 Å². The van der Waals surface area contributed by atoms with Gasteiger partial charge in [-0.3, -0.25) is 0 Å². The quantitative estimate of drug-likeness (QED) is 0.687. The first-order valence-electron chi connectivity index (χ1n) is 6.53. The first-order chi connectivity index (χ1) is 7.96. The Morgan fingerprint density at radius 1 is 0.941 bits per heavy atom. The van der Waals surface area contributed by atoms with Gasteiger partial charge in [-0.1, -0.05) is 6.42 Å². The molecule has 0 aromatic heterocycles. The smallest absolute Gasteiger partial charge is 0.124 e. The summed E-state index contributed by atoms with van der Waals surface area (Å²) in [5.74, 6) is -0.138. The lowest BCUT2D eigenvalue weighted by atomic mass is 9.74. The molecule has 94 valence electrons. The summed E-state index contributed by atoms with van der Waals surface area (Å²) >= 11 is 0. The van der Waals surface area contributed by atoms with E-state index < -0.39 is 0 Å². The molecule has 2 heteroatoms. The molecule has 1 aromatic carbocycles. The molecule has 0 heterocycles. The monoisotopic (exact) mass is 236 g/mol. The van der Waals surface area contributed by atoms with E-state index in [4.69, 9.17) is 0 Å². The molecule has 1 aromatic rings. The Morgan fingerprint density at radius 3 is 1.94 bits per heavy atom. The molecule has 0 atom stereocenters. The SMILES string of the molecule is C[N+](C)(C)C1(c2ccc(F)cc2)CCCCC1. The topological polar surface area (TPSA) is 0 Å². The molecule has 2 rings (SSSR count). The molecule has 0 unspecified atom stereocenters. The molecule has 0 radical (unpaired) electrons. The second-order valence-electron chi connectivity index (χ2n) is 6.11. The fraction of sp³-hybridized carbons (Fsp3) is 0.600. The van der Waals surface area contributed by atoms with Gasteiger partial charge in [0.05, 0.1) is 21.1 Å². The predicted octanol–water partition coefficient (Wildman–Crippen LogP) is 3.69. The molecule has 1 aliphatic carbocycles. The van der Waals surface area contributed by atoms with Crippen LogP contribution in [-0.2, 0) is 5.54 Å². The molecule has 0 aliphatic heterocycles. The van der Waals surface area contributed by atoms with Crippen molar-refractivity contribution < 1.29 is 8.87 Å². The van der Waals surface area contributed by atoms with Crippen LogP contribution in [0, 0.1) is 5.82 Å². The lowest BCUT2D eigenvalue weighted by Gasteiger charge is -2.49. The van der Waals surface area contributed by atoms with Gasteiger partial charge in [0.2, 0.25) is 0 Å². The molecule has 1 saturated carbocycles. The van der Waals surface area contributed by atoms with Crippen LogP contribution < -0.4 is 0 Å². The summed E-state index contributed by atoms with van der Waals surface area (Å²) in [6, 6.07) is 7.15. The number of rotatable bonds is 2. The van der Waals surface area contributed by atoms with Gasteiger partial charge in [-0.05, 0) is 37.1 Å². The predicted molar refractivity (Wildman–Crippen MR) is 69.2 cm³/mol. The average molecular weight is 236 g/mol. The van der Waals surface area contributed by atoms with E-state index in [1.165, 1.54) is 37.7 Å². The largest absolute Gasteiger partial charge is 0.322 e. The zero-order chi connectivity index (χ0) is 12.5. The number of benzene rings is 1. The molecular formula is C15H23FN+. The second-order valence-corrected chi connectivity index (χ2v) is 6.11. The molecule has 1 aliphatic rings. The van der Waals surface area contributed by atoms with E-state index in [1.54, 1.807) is 12.1 Å². The first kappa shape index (κ1) is 12.6. The van der Waals surface area contributed by atoms with Gasteiger partial charge in [0.15, 0.2) is 0 Å². The van der Waals surface area contributed by atoms with Crippen LogP contribution >= 0.6 is 0 Å². The van der Waals surface area contributed by atoms with Crippen molar-refractivity contribution in [2.24, 2.45) is 0 Å². The van der Waals surface area contributed by atoms with Gasteiger partial charge in [-0.25, -0.2) is 4.39 Å². The second kappa shape index (κ2) is 4.41. The van der Waals surface area contributed by atoms with Gasteiger partial charge in [0.1, 0.15) is 11.4 Å². The maximum absolute atomic E-state index is 13.1. The van der Waals surface area contributed by atoms with E-state index in [0.29, 0.717) is 0 Å². The summed E-state index contributed by atoms with van der Waals surface area (Å²) in [7, 11) is 6.78. The maximum atomic E-state index is 13.1. The van der Waals surface area contributed by atoms with Crippen LogP contribution in [0.5, 0.6) is 0 Å². The van der Waals surface area contributed by atoms with Crippen molar-refractivity contribution in [3.05, 3.63) is 35.6 Å². The molecular weight excluding hydrogens is 213 g/mol. The molecule has 0 saturated heterocycles. The highest BCUT2D eigenvalue weighted by Crippen LogP contribution is 2.44. The van der Waals surface area contributed by atoms with E-state index in [1.807, 2.05) is 12.1 Å². The number of halogens is 1. The highest BCUT2D eigenvalue weighted by Gasteiger charge is 2.45. The van der Waals surface area contributed by atoms with Crippen molar-refractivity contribution in [3.8, 4) is 0 Å². The highest BCUT2D eigenvalue weighted by atomic mass is 19.1. The van der Waals surface area contributed by atoms with Crippen molar-refractivity contribution in [1.29, 1.82) is 0 Å². The maximum Gasteiger partial charge on any atom is 0.124 e. The third kappa shape index (κ3) is 2.23. The van der Waals surface area contributed by atoms with E-state index in [2.05, 4.69) is 21.1 Å². The zero-order valence-corrected chi connectivity index (χ0v) is 11.2. The summed E-state index contributed by atoms with van der Waals surface area (Å²) in [6.45, 7) is 0. The first-order valence-corrected chi connectivity index (χ1v) is 6.53. The van der Waals surface area contributed by atoms with Crippen LogP contribution in [0.3, 0.4) is 0 Å². The summed E-state index contributed by atoms with van der Waals surface area (Å²) in [5.41, 5.74) is 1.47. The van der Waals surface area contributed by atoms with E-state index in [-0.39, 0.29) is 11.4 Å². The summed E-state index contributed by atoms with van der Waals surface area (Å²) in [5, 5.41) is 0. The van der Waals surface area contributed by atoms with Gasteiger partial charge in [-0.15, -0.1) is 0 Å². The minimum absolute atomic E-state index is 0.138. The van der Waals surface area contributed by atoms with Gasteiger partial charge in [-0.2, -0.15) is 0 Å². The molecule has 0 N–H and O–H groups in total. The van der Waals surface area contributed by atoms with E-state index in [9.17, 15) is 4.39 Å². The van der Waals surface area contributed by atoms with Gasteiger partial charge in [0, 0.05) is 18.4 Å². The lowest BCUT2D eigenvalue weighted by Crippen LogP contribution is -2.55. The van der Waals surface area contributed by atoms with Crippen LogP contribution in [0.1, 0.15) is 37.7 Å². The Hall–Kier alpha value is -0.890. The van der Waals surface area contributed by atoms with Crippen LogP contribution in [0.4, 0.5) is 4.39 Å². The van der Waals surface area contributed by atoms with E-state index >= 15 is 0 Å². The Kier molecular flexibility index (Phi) is 3.26. The Labute approximate surface area is 104 Å². The summed E-state index contributed by atoms with van der Waals surface area (Å²) in [4.78, 5) is 0. The van der Waals surface area contributed by atoms with Gasteiger partial charge < -0.3 is 4.48 Å². The van der Waals surface area contributed by atoms with E-state index in [0.717, 1.165) is 4.48 Å². The molecule has 0 amide bonds.